The van der Waals surface area contributed by atoms with Crippen LogP contribution in [-0.4, -0.2) is 39.3 Å². The second-order valence-electron chi connectivity index (χ2n) is 6.17. The van der Waals surface area contributed by atoms with E-state index in [9.17, 15) is 14.7 Å². The molecular weight excluding hydrogens is 318 g/mol. The quantitative estimate of drug-likeness (QED) is 0.632. The molecular formula is C15H23N3O4S. The van der Waals surface area contributed by atoms with E-state index >= 15 is 0 Å². The Bertz CT molecular complexity index is 585. The summed E-state index contributed by atoms with van der Waals surface area (Å²) in [6, 6.07) is -0.567. The van der Waals surface area contributed by atoms with E-state index in [4.69, 9.17) is 5.11 Å². The number of aliphatic carboxylic acids is 1. The van der Waals surface area contributed by atoms with Crippen LogP contribution in [0.2, 0.25) is 0 Å². The van der Waals surface area contributed by atoms with Crippen molar-refractivity contribution in [3.63, 3.8) is 0 Å². The highest BCUT2D eigenvalue weighted by Gasteiger charge is 2.30. The summed E-state index contributed by atoms with van der Waals surface area (Å²) < 4.78 is 0. The molecule has 2 unspecified atom stereocenters. The van der Waals surface area contributed by atoms with Gasteiger partial charge in [0.05, 0.1) is 12.2 Å². The summed E-state index contributed by atoms with van der Waals surface area (Å²) in [5, 5.41) is 23.8. The molecule has 0 bridgehead atoms. The number of amides is 2. The van der Waals surface area contributed by atoms with E-state index in [-0.39, 0.29) is 6.54 Å². The van der Waals surface area contributed by atoms with Gasteiger partial charge in [0.25, 0.3) is 0 Å². The normalized spacial score (nSPS) is 19.5. The van der Waals surface area contributed by atoms with Crippen molar-refractivity contribution in [3.8, 4) is 0 Å². The number of aliphatic hydroxyl groups is 1. The first-order valence-electron chi connectivity index (χ1n) is 7.81. The monoisotopic (exact) mass is 341 g/mol. The van der Waals surface area contributed by atoms with Gasteiger partial charge < -0.3 is 15.5 Å². The minimum Gasteiger partial charge on any atom is -0.479 e. The van der Waals surface area contributed by atoms with Crippen molar-refractivity contribution < 1.29 is 19.8 Å². The predicted octanol–water partition coefficient (Wildman–Crippen LogP) is 2.01. The number of carboxylic acids is 1. The maximum Gasteiger partial charge on any atom is 0.337 e. The molecule has 1 aliphatic rings. The van der Waals surface area contributed by atoms with Crippen LogP contribution in [0.5, 0.6) is 0 Å². The summed E-state index contributed by atoms with van der Waals surface area (Å²) in [6.45, 7) is 2.94. The van der Waals surface area contributed by atoms with Crippen LogP contribution in [0.15, 0.2) is 0 Å². The van der Waals surface area contributed by atoms with E-state index in [0.29, 0.717) is 11.0 Å². The first kappa shape index (κ1) is 17.7. The molecule has 8 heteroatoms. The number of fused-ring (bicyclic) bond motifs is 1. The van der Waals surface area contributed by atoms with Crippen LogP contribution < -0.4 is 10.6 Å². The van der Waals surface area contributed by atoms with E-state index in [1.165, 1.54) is 29.1 Å². The number of anilines is 1. The molecule has 1 aromatic heterocycles. The number of thiazole rings is 1. The second-order valence-corrected chi connectivity index (χ2v) is 7.26. The van der Waals surface area contributed by atoms with Gasteiger partial charge in [0, 0.05) is 4.88 Å². The Balaban J connectivity index is 1.89. The van der Waals surface area contributed by atoms with Crippen molar-refractivity contribution in [3.05, 3.63) is 10.6 Å². The molecule has 0 radical (unpaired) electrons. The van der Waals surface area contributed by atoms with E-state index < -0.39 is 17.6 Å². The van der Waals surface area contributed by atoms with Crippen LogP contribution in [0.25, 0.3) is 0 Å². The van der Waals surface area contributed by atoms with Crippen LogP contribution in [0.1, 0.15) is 43.7 Å². The summed E-state index contributed by atoms with van der Waals surface area (Å²) in [5.74, 6) is -0.690. The molecule has 1 aromatic rings. The summed E-state index contributed by atoms with van der Waals surface area (Å²) in [6.07, 6.45) is 5.48. The van der Waals surface area contributed by atoms with Crippen LogP contribution in [0, 0.1) is 5.92 Å². The highest BCUT2D eigenvalue weighted by Crippen LogP contribution is 2.33. The zero-order valence-electron chi connectivity index (χ0n) is 13.4. The smallest absolute Gasteiger partial charge is 0.337 e. The Morgan fingerprint density at radius 1 is 1.48 bits per heavy atom. The number of aryl methyl sites for hydroxylation is 1. The first-order valence-corrected chi connectivity index (χ1v) is 8.62. The standard InChI is InChI=1S/C15H23N3O4S/c1-3-4-9-5-6-10-11(7-9)23-14(17-10)18-13(21)16-8-15(2,22)12(19)20/h9,22H,3-8H2,1-2H3,(H,19,20)(H2,16,17,18,21). The van der Waals surface area contributed by atoms with Gasteiger partial charge in [0.2, 0.25) is 0 Å². The Hall–Kier alpha value is -1.67. The predicted molar refractivity (Wildman–Crippen MR) is 87.8 cm³/mol. The van der Waals surface area contributed by atoms with E-state index in [0.717, 1.165) is 31.9 Å². The largest absolute Gasteiger partial charge is 0.479 e. The number of carbonyl (C=O) groups is 2. The maximum absolute atomic E-state index is 11.8. The van der Waals surface area contributed by atoms with Crippen LogP contribution in [-0.2, 0) is 17.6 Å². The van der Waals surface area contributed by atoms with Crippen molar-refractivity contribution >= 4 is 28.5 Å². The van der Waals surface area contributed by atoms with Gasteiger partial charge in [-0.25, -0.2) is 14.6 Å². The highest BCUT2D eigenvalue weighted by atomic mass is 32.1. The van der Waals surface area contributed by atoms with E-state index in [1.54, 1.807) is 0 Å². The Morgan fingerprint density at radius 2 is 2.22 bits per heavy atom. The molecule has 4 N–H and O–H groups in total. The molecule has 0 aromatic carbocycles. The van der Waals surface area contributed by atoms with Crippen molar-refractivity contribution in [2.24, 2.45) is 5.92 Å². The molecule has 0 saturated heterocycles. The van der Waals surface area contributed by atoms with Gasteiger partial charge in [0.1, 0.15) is 0 Å². The molecule has 7 nitrogen and oxygen atoms in total. The number of nitrogens with zero attached hydrogens (tertiary/aromatic N) is 1. The summed E-state index contributed by atoms with van der Waals surface area (Å²) in [4.78, 5) is 28.2. The van der Waals surface area contributed by atoms with Crippen molar-refractivity contribution in [2.45, 2.75) is 51.6 Å². The lowest BCUT2D eigenvalue weighted by Gasteiger charge is -2.19. The van der Waals surface area contributed by atoms with Crippen molar-refractivity contribution in [2.75, 3.05) is 11.9 Å². The molecule has 0 saturated carbocycles. The second kappa shape index (κ2) is 7.27. The van der Waals surface area contributed by atoms with E-state index in [1.807, 2.05) is 0 Å². The number of hydrogen-bond donors (Lipinski definition) is 4. The molecule has 1 heterocycles. The summed E-state index contributed by atoms with van der Waals surface area (Å²) >= 11 is 1.47. The van der Waals surface area contributed by atoms with Gasteiger partial charge in [-0.15, -0.1) is 11.3 Å². The minimum absolute atomic E-state index is 0.377. The van der Waals surface area contributed by atoms with Crippen LogP contribution >= 0.6 is 11.3 Å². The van der Waals surface area contributed by atoms with Gasteiger partial charge in [-0.3, -0.25) is 5.32 Å². The highest BCUT2D eigenvalue weighted by molar-refractivity contribution is 7.15. The number of nitrogens with one attached hydrogen (secondary N) is 2. The van der Waals surface area contributed by atoms with Gasteiger partial charge in [-0.1, -0.05) is 19.8 Å². The Kier molecular flexibility index (Phi) is 5.59. The van der Waals surface area contributed by atoms with Crippen molar-refractivity contribution in [1.82, 2.24) is 10.3 Å². The van der Waals surface area contributed by atoms with Crippen LogP contribution in [0.4, 0.5) is 9.93 Å². The number of carbonyl (C=O) groups excluding carboxylic acids is 1. The van der Waals surface area contributed by atoms with Gasteiger partial charge in [-0.05, 0) is 32.1 Å². The third-order valence-electron chi connectivity index (χ3n) is 4.01. The number of rotatable bonds is 6. The maximum atomic E-state index is 11.8. The lowest BCUT2D eigenvalue weighted by molar-refractivity contribution is -0.155. The fourth-order valence-corrected chi connectivity index (χ4v) is 3.74. The van der Waals surface area contributed by atoms with Crippen LogP contribution in [0.3, 0.4) is 0 Å². The lowest BCUT2D eigenvalue weighted by Crippen LogP contribution is -2.47. The minimum atomic E-state index is -1.99. The average Bonchev–Trinajstić information content (AvgIpc) is 2.87. The zero-order valence-corrected chi connectivity index (χ0v) is 14.2. The lowest BCUT2D eigenvalue weighted by atomic mass is 9.88. The van der Waals surface area contributed by atoms with E-state index in [2.05, 4.69) is 22.5 Å². The van der Waals surface area contributed by atoms with Gasteiger partial charge >= 0.3 is 12.0 Å². The number of aromatic nitrogens is 1. The molecule has 1 aliphatic carbocycles. The molecule has 128 valence electrons. The number of hydrogen-bond acceptors (Lipinski definition) is 5. The summed E-state index contributed by atoms with van der Waals surface area (Å²) in [5.41, 5.74) is -0.942. The molecule has 0 spiro atoms. The molecule has 0 fully saturated rings. The number of urea groups is 1. The fourth-order valence-electron chi connectivity index (χ4n) is 2.62. The third-order valence-corrected chi connectivity index (χ3v) is 5.05. The van der Waals surface area contributed by atoms with Gasteiger partial charge in [-0.2, -0.15) is 0 Å². The van der Waals surface area contributed by atoms with Crippen molar-refractivity contribution in [1.29, 1.82) is 0 Å². The molecule has 0 aliphatic heterocycles. The topological polar surface area (TPSA) is 112 Å². The molecule has 2 atom stereocenters. The Morgan fingerprint density at radius 3 is 2.87 bits per heavy atom. The fraction of sp³-hybridized carbons (Fsp3) is 0.667. The van der Waals surface area contributed by atoms with Gasteiger partial charge in [0.15, 0.2) is 10.7 Å². The molecule has 2 amide bonds. The summed E-state index contributed by atoms with van der Waals surface area (Å²) in [7, 11) is 0. The zero-order chi connectivity index (χ0) is 17.0. The SMILES string of the molecule is CCCC1CCc2nc(NC(=O)NCC(C)(O)C(=O)O)sc2C1. The molecule has 23 heavy (non-hydrogen) atoms. The Labute approximate surface area is 139 Å². The molecule has 2 rings (SSSR count). The number of carboxylic acid groups (broad SMARTS) is 1. The first-order chi connectivity index (χ1) is 10.8. The average molecular weight is 341 g/mol. The third kappa shape index (κ3) is 4.65.